The third-order valence-electron chi connectivity index (χ3n) is 2.22. The van der Waals surface area contributed by atoms with Crippen LogP contribution in [0.4, 0.5) is 0 Å². The summed E-state index contributed by atoms with van der Waals surface area (Å²) in [4.78, 5) is 21.3. The molecule has 12 heavy (non-hydrogen) atoms. The van der Waals surface area contributed by atoms with Gasteiger partial charge >= 0.3 is 5.97 Å². The predicted octanol–water partition coefficient (Wildman–Crippen LogP) is 0.376. The number of rotatable bonds is 2. The van der Waals surface area contributed by atoms with E-state index >= 15 is 0 Å². The zero-order chi connectivity index (χ0) is 9.14. The van der Waals surface area contributed by atoms with E-state index in [1.807, 2.05) is 0 Å². The molecular formula is C8H13NO3. The number of hydrogen-bond donors (Lipinski definition) is 2. The summed E-state index contributed by atoms with van der Waals surface area (Å²) in [6.45, 7) is 1.41. The highest BCUT2D eigenvalue weighted by Crippen LogP contribution is 2.25. The van der Waals surface area contributed by atoms with E-state index < -0.39 is 5.97 Å². The SMILES string of the molecule is CC(=O)NC1CCCC1C(=O)O. The smallest absolute Gasteiger partial charge is 0.308 e. The number of carbonyl (C=O) groups is 2. The van der Waals surface area contributed by atoms with Gasteiger partial charge in [0.05, 0.1) is 5.92 Å². The van der Waals surface area contributed by atoms with E-state index in [0.29, 0.717) is 6.42 Å². The molecule has 1 aliphatic carbocycles. The molecule has 0 aromatic carbocycles. The van der Waals surface area contributed by atoms with Crippen molar-refractivity contribution in [2.75, 3.05) is 0 Å². The highest BCUT2D eigenvalue weighted by Gasteiger charge is 2.33. The maximum Gasteiger partial charge on any atom is 0.308 e. The molecule has 4 nitrogen and oxygen atoms in total. The van der Waals surface area contributed by atoms with Crippen LogP contribution in [0.15, 0.2) is 0 Å². The summed E-state index contributed by atoms with van der Waals surface area (Å²) in [5, 5.41) is 11.4. The van der Waals surface area contributed by atoms with Crippen LogP contribution in [0.3, 0.4) is 0 Å². The fraction of sp³-hybridized carbons (Fsp3) is 0.750. The maximum atomic E-state index is 10.7. The molecule has 0 saturated heterocycles. The van der Waals surface area contributed by atoms with E-state index in [-0.39, 0.29) is 17.9 Å². The van der Waals surface area contributed by atoms with Crippen molar-refractivity contribution in [2.45, 2.75) is 32.2 Å². The van der Waals surface area contributed by atoms with Crippen molar-refractivity contribution in [3.8, 4) is 0 Å². The van der Waals surface area contributed by atoms with Crippen molar-refractivity contribution < 1.29 is 14.7 Å². The summed E-state index contributed by atoms with van der Waals surface area (Å²) in [5.74, 6) is -1.33. The summed E-state index contributed by atoms with van der Waals surface area (Å²) >= 11 is 0. The number of carboxylic acid groups (broad SMARTS) is 1. The third-order valence-corrected chi connectivity index (χ3v) is 2.22. The fourth-order valence-corrected chi connectivity index (χ4v) is 1.69. The first-order chi connectivity index (χ1) is 5.61. The first-order valence-electron chi connectivity index (χ1n) is 4.11. The molecule has 0 aromatic heterocycles. The number of aliphatic carboxylic acids is 1. The second-order valence-corrected chi connectivity index (χ2v) is 3.18. The molecule has 0 radical (unpaired) electrons. The van der Waals surface area contributed by atoms with Crippen LogP contribution < -0.4 is 5.32 Å². The van der Waals surface area contributed by atoms with Crippen molar-refractivity contribution in [1.29, 1.82) is 0 Å². The quantitative estimate of drug-likeness (QED) is 0.631. The van der Waals surface area contributed by atoms with Crippen LogP contribution in [0.2, 0.25) is 0 Å². The van der Waals surface area contributed by atoms with Gasteiger partial charge in [0, 0.05) is 13.0 Å². The molecule has 68 valence electrons. The second-order valence-electron chi connectivity index (χ2n) is 3.18. The van der Waals surface area contributed by atoms with Crippen molar-refractivity contribution >= 4 is 11.9 Å². The first-order valence-corrected chi connectivity index (χ1v) is 4.11. The van der Waals surface area contributed by atoms with E-state index in [1.165, 1.54) is 6.92 Å². The average Bonchev–Trinajstić information content (AvgIpc) is 2.33. The second kappa shape index (κ2) is 3.56. The number of carbonyl (C=O) groups excluding carboxylic acids is 1. The summed E-state index contributed by atoms with van der Waals surface area (Å²) in [6.07, 6.45) is 2.36. The molecule has 0 aliphatic heterocycles. The van der Waals surface area contributed by atoms with E-state index in [2.05, 4.69) is 5.32 Å². The molecule has 1 amide bonds. The Bertz CT molecular complexity index is 202. The minimum absolute atomic E-state index is 0.145. The molecule has 1 rings (SSSR count). The lowest BCUT2D eigenvalue weighted by Gasteiger charge is -2.15. The van der Waals surface area contributed by atoms with Gasteiger partial charge in [-0.3, -0.25) is 9.59 Å². The van der Waals surface area contributed by atoms with Crippen LogP contribution in [0.5, 0.6) is 0 Å². The molecule has 4 heteroatoms. The Morgan fingerprint density at radius 3 is 2.58 bits per heavy atom. The van der Waals surface area contributed by atoms with Gasteiger partial charge in [0.25, 0.3) is 0 Å². The van der Waals surface area contributed by atoms with Crippen LogP contribution in [-0.4, -0.2) is 23.0 Å². The number of carboxylic acids is 1. The Balaban J connectivity index is 2.52. The zero-order valence-electron chi connectivity index (χ0n) is 7.04. The summed E-state index contributed by atoms with van der Waals surface area (Å²) < 4.78 is 0. The van der Waals surface area contributed by atoms with E-state index in [9.17, 15) is 9.59 Å². The molecule has 2 unspecified atom stereocenters. The number of hydrogen-bond acceptors (Lipinski definition) is 2. The molecule has 1 fully saturated rings. The van der Waals surface area contributed by atoms with Gasteiger partial charge in [-0.1, -0.05) is 6.42 Å². The number of nitrogens with one attached hydrogen (secondary N) is 1. The van der Waals surface area contributed by atoms with Crippen molar-refractivity contribution in [3.05, 3.63) is 0 Å². The fourth-order valence-electron chi connectivity index (χ4n) is 1.69. The Labute approximate surface area is 71.0 Å². The molecule has 2 N–H and O–H groups in total. The lowest BCUT2D eigenvalue weighted by atomic mass is 10.0. The first kappa shape index (κ1) is 9.03. The van der Waals surface area contributed by atoms with Gasteiger partial charge in [0.2, 0.25) is 5.91 Å². The minimum atomic E-state index is -0.800. The summed E-state index contributed by atoms with van der Waals surface area (Å²) in [5.41, 5.74) is 0. The summed E-state index contributed by atoms with van der Waals surface area (Å²) in [7, 11) is 0. The van der Waals surface area contributed by atoms with Crippen molar-refractivity contribution in [1.82, 2.24) is 5.32 Å². The van der Waals surface area contributed by atoms with Crippen molar-refractivity contribution in [3.63, 3.8) is 0 Å². The van der Waals surface area contributed by atoms with Gasteiger partial charge in [-0.2, -0.15) is 0 Å². The van der Waals surface area contributed by atoms with Gasteiger partial charge in [0.1, 0.15) is 0 Å². The van der Waals surface area contributed by atoms with Gasteiger partial charge < -0.3 is 10.4 Å². The van der Waals surface area contributed by atoms with Crippen molar-refractivity contribution in [2.24, 2.45) is 5.92 Å². The highest BCUT2D eigenvalue weighted by atomic mass is 16.4. The van der Waals surface area contributed by atoms with Crippen LogP contribution in [0.1, 0.15) is 26.2 Å². The Morgan fingerprint density at radius 1 is 1.42 bits per heavy atom. The largest absolute Gasteiger partial charge is 0.481 e. The Kier molecular flexibility index (Phi) is 2.68. The summed E-state index contributed by atoms with van der Waals surface area (Å²) in [6, 6.07) is -0.153. The molecular weight excluding hydrogens is 158 g/mol. The lowest BCUT2D eigenvalue weighted by molar-refractivity contribution is -0.142. The molecule has 2 atom stereocenters. The molecule has 0 aromatic rings. The molecule has 0 heterocycles. The zero-order valence-corrected chi connectivity index (χ0v) is 7.04. The molecule has 0 bridgehead atoms. The van der Waals surface area contributed by atoms with Gasteiger partial charge in [-0.25, -0.2) is 0 Å². The third kappa shape index (κ3) is 1.96. The van der Waals surface area contributed by atoms with E-state index in [1.54, 1.807) is 0 Å². The van der Waals surface area contributed by atoms with E-state index in [4.69, 9.17) is 5.11 Å². The lowest BCUT2D eigenvalue weighted by Crippen LogP contribution is -2.38. The van der Waals surface area contributed by atoms with E-state index in [0.717, 1.165) is 12.8 Å². The minimum Gasteiger partial charge on any atom is -0.481 e. The monoisotopic (exact) mass is 171 g/mol. The van der Waals surface area contributed by atoms with Crippen LogP contribution in [0, 0.1) is 5.92 Å². The Hall–Kier alpha value is -1.06. The predicted molar refractivity (Wildman–Crippen MR) is 42.6 cm³/mol. The normalized spacial score (nSPS) is 28.4. The van der Waals surface area contributed by atoms with Gasteiger partial charge in [-0.05, 0) is 12.8 Å². The van der Waals surface area contributed by atoms with Gasteiger partial charge in [0.15, 0.2) is 0 Å². The van der Waals surface area contributed by atoms with Gasteiger partial charge in [-0.15, -0.1) is 0 Å². The van der Waals surface area contributed by atoms with Crippen LogP contribution >= 0.6 is 0 Å². The molecule has 0 spiro atoms. The molecule has 1 aliphatic rings. The maximum absolute atomic E-state index is 10.7. The average molecular weight is 171 g/mol. The Morgan fingerprint density at radius 2 is 2.08 bits per heavy atom. The standard InChI is InChI=1S/C8H13NO3/c1-5(10)9-7-4-2-3-6(7)8(11)12/h6-7H,2-4H2,1H3,(H,9,10)(H,11,12). The molecule has 1 saturated carbocycles. The number of amides is 1. The van der Waals surface area contributed by atoms with Crippen LogP contribution in [-0.2, 0) is 9.59 Å². The topological polar surface area (TPSA) is 66.4 Å². The highest BCUT2D eigenvalue weighted by molar-refractivity contribution is 5.76. The van der Waals surface area contributed by atoms with Crippen LogP contribution in [0.25, 0.3) is 0 Å².